The molecule has 8 heteroatoms. The number of anilines is 2. The highest BCUT2D eigenvalue weighted by Gasteiger charge is 2.34. The second kappa shape index (κ2) is 7.25. The molecule has 0 radical (unpaired) electrons. The van der Waals surface area contributed by atoms with E-state index in [2.05, 4.69) is 0 Å². The van der Waals surface area contributed by atoms with Gasteiger partial charge in [-0.15, -0.1) is 0 Å². The minimum absolute atomic E-state index is 0.0807. The van der Waals surface area contributed by atoms with E-state index in [1.54, 1.807) is 12.1 Å². The van der Waals surface area contributed by atoms with Gasteiger partial charge in [0.15, 0.2) is 0 Å². The number of β-amino-alcohol motifs (C(OH)–C–C–N with tert-alkyl or cyclic N) is 1. The van der Waals surface area contributed by atoms with Gasteiger partial charge in [0.25, 0.3) is 0 Å². The van der Waals surface area contributed by atoms with Crippen LogP contribution in [0.25, 0.3) is 0 Å². The molecule has 0 saturated heterocycles. The molecular weight excluding hydrogens is 369 g/mol. The molecule has 26 heavy (non-hydrogen) atoms. The second-order valence-electron chi connectivity index (χ2n) is 6.00. The molecule has 1 heterocycles. The molecule has 0 aromatic heterocycles. The Labute approximate surface area is 154 Å². The molecule has 3 rings (SSSR count). The highest BCUT2D eigenvalue weighted by molar-refractivity contribution is 6.32. The van der Waals surface area contributed by atoms with Crippen molar-refractivity contribution >= 4 is 23.0 Å². The predicted octanol–water partition coefficient (Wildman–Crippen LogP) is 4.14. The number of methoxy groups -OCH3 is 1. The minimum atomic E-state index is -4.41. The lowest BCUT2D eigenvalue weighted by Crippen LogP contribution is -2.32. The molecule has 0 amide bonds. The summed E-state index contributed by atoms with van der Waals surface area (Å²) in [5.41, 5.74) is 1.32. The topological polar surface area (TPSA) is 35.9 Å². The van der Waals surface area contributed by atoms with Crippen molar-refractivity contribution in [2.75, 3.05) is 36.7 Å². The van der Waals surface area contributed by atoms with Crippen LogP contribution in [0.15, 0.2) is 36.4 Å². The fraction of sp³-hybridized carbons (Fsp3) is 0.333. The van der Waals surface area contributed by atoms with E-state index >= 15 is 0 Å². The zero-order valence-electron chi connectivity index (χ0n) is 14.1. The van der Waals surface area contributed by atoms with Gasteiger partial charge in [-0.3, -0.25) is 0 Å². The molecule has 0 bridgehead atoms. The molecule has 0 spiro atoms. The van der Waals surface area contributed by atoms with Gasteiger partial charge in [-0.1, -0.05) is 17.7 Å². The highest BCUT2D eigenvalue weighted by atomic mass is 35.5. The SMILES string of the molecule is COc1ccc(CN2CN(CCO)c3ccc(C(F)(F)F)cc32)cc1Cl. The summed E-state index contributed by atoms with van der Waals surface area (Å²) in [6, 6.07) is 8.96. The van der Waals surface area contributed by atoms with Crippen molar-refractivity contribution in [3.8, 4) is 5.75 Å². The van der Waals surface area contributed by atoms with Crippen LogP contribution >= 0.6 is 11.6 Å². The first-order valence-corrected chi connectivity index (χ1v) is 8.35. The Morgan fingerprint density at radius 1 is 1.12 bits per heavy atom. The summed E-state index contributed by atoms with van der Waals surface area (Å²) >= 11 is 6.14. The van der Waals surface area contributed by atoms with Gasteiger partial charge in [0, 0.05) is 13.1 Å². The summed E-state index contributed by atoms with van der Waals surface area (Å²) in [4.78, 5) is 3.68. The minimum Gasteiger partial charge on any atom is -0.495 e. The normalized spacial score (nSPS) is 13.9. The Hall–Kier alpha value is -2.12. The van der Waals surface area contributed by atoms with Gasteiger partial charge in [0.05, 0.1) is 42.3 Å². The van der Waals surface area contributed by atoms with Crippen molar-refractivity contribution in [1.82, 2.24) is 0 Å². The molecule has 0 aliphatic carbocycles. The van der Waals surface area contributed by atoms with Crippen molar-refractivity contribution in [3.05, 3.63) is 52.5 Å². The van der Waals surface area contributed by atoms with Gasteiger partial charge in [0.1, 0.15) is 5.75 Å². The first-order chi connectivity index (χ1) is 12.3. The van der Waals surface area contributed by atoms with Crippen LogP contribution in [0.2, 0.25) is 5.02 Å². The Balaban J connectivity index is 1.92. The number of alkyl halides is 3. The van der Waals surface area contributed by atoms with Gasteiger partial charge in [0.2, 0.25) is 0 Å². The zero-order chi connectivity index (χ0) is 18.9. The number of benzene rings is 2. The maximum Gasteiger partial charge on any atom is 0.416 e. The average molecular weight is 387 g/mol. The van der Waals surface area contributed by atoms with Crippen LogP contribution < -0.4 is 14.5 Å². The van der Waals surface area contributed by atoms with Crippen LogP contribution in [0.3, 0.4) is 0 Å². The van der Waals surface area contributed by atoms with Crippen LogP contribution in [-0.2, 0) is 12.7 Å². The molecule has 2 aromatic carbocycles. The lowest BCUT2D eigenvalue weighted by molar-refractivity contribution is -0.137. The second-order valence-corrected chi connectivity index (χ2v) is 6.40. The number of aliphatic hydroxyl groups excluding tert-OH is 1. The van der Waals surface area contributed by atoms with Crippen LogP contribution in [0, 0.1) is 0 Å². The maximum absolute atomic E-state index is 13.1. The highest BCUT2D eigenvalue weighted by Crippen LogP contribution is 2.41. The fourth-order valence-electron chi connectivity index (χ4n) is 3.05. The summed E-state index contributed by atoms with van der Waals surface area (Å²) in [5, 5.41) is 9.68. The Morgan fingerprint density at radius 2 is 1.88 bits per heavy atom. The van der Waals surface area contributed by atoms with E-state index in [9.17, 15) is 18.3 Å². The van der Waals surface area contributed by atoms with E-state index in [1.165, 1.54) is 13.2 Å². The van der Waals surface area contributed by atoms with Gasteiger partial charge in [-0.05, 0) is 35.9 Å². The molecule has 2 aromatic rings. The number of hydrogen-bond donors (Lipinski definition) is 1. The number of fused-ring (bicyclic) bond motifs is 1. The van der Waals surface area contributed by atoms with E-state index in [1.807, 2.05) is 15.9 Å². The largest absolute Gasteiger partial charge is 0.495 e. The quantitative estimate of drug-likeness (QED) is 0.837. The lowest BCUT2D eigenvalue weighted by atomic mass is 10.1. The molecule has 0 atom stereocenters. The maximum atomic E-state index is 13.1. The van der Waals surface area contributed by atoms with Crippen LogP contribution in [0.4, 0.5) is 24.5 Å². The van der Waals surface area contributed by atoms with Crippen LogP contribution in [0.5, 0.6) is 5.75 Å². The number of hydrogen-bond acceptors (Lipinski definition) is 4. The summed E-state index contributed by atoms with van der Waals surface area (Å²) in [5.74, 6) is 0.540. The Bertz CT molecular complexity index is 798. The third-order valence-corrected chi connectivity index (χ3v) is 4.58. The third-order valence-electron chi connectivity index (χ3n) is 4.29. The van der Waals surface area contributed by atoms with E-state index in [-0.39, 0.29) is 6.61 Å². The Kier molecular flexibility index (Phi) is 5.20. The molecule has 1 N–H and O–H groups in total. The van der Waals surface area contributed by atoms with E-state index < -0.39 is 11.7 Å². The number of ether oxygens (including phenoxy) is 1. The summed E-state index contributed by atoms with van der Waals surface area (Å²) in [7, 11) is 1.52. The number of nitrogens with zero attached hydrogens (tertiary/aromatic N) is 2. The van der Waals surface area contributed by atoms with Crippen LogP contribution in [-0.4, -0.2) is 32.0 Å². The molecule has 1 aliphatic rings. The Morgan fingerprint density at radius 3 is 2.50 bits per heavy atom. The van der Waals surface area contributed by atoms with Gasteiger partial charge < -0.3 is 19.6 Å². The summed E-state index contributed by atoms with van der Waals surface area (Å²) in [6.07, 6.45) is -4.41. The monoisotopic (exact) mass is 386 g/mol. The van der Waals surface area contributed by atoms with Crippen molar-refractivity contribution < 1.29 is 23.0 Å². The smallest absolute Gasteiger partial charge is 0.416 e. The molecule has 0 saturated carbocycles. The van der Waals surface area contributed by atoms with Crippen molar-refractivity contribution in [2.24, 2.45) is 0 Å². The standard InChI is InChI=1S/C18H18ClF3N2O2/c1-26-17-5-2-12(8-14(17)19)10-24-11-23(6-7-25)15-4-3-13(9-16(15)24)18(20,21)22/h2-5,8-9,25H,6-7,10-11H2,1H3. The van der Waals surface area contributed by atoms with Crippen molar-refractivity contribution in [2.45, 2.75) is 12.7 Å². The van der Waals surface area contributed by atoms with E-state index in [0.717, 1.165) is 17.7 Å². The van der Waals surface area contributed by atoms with Crippen molar-refractivity contribution in [3.63, 3.8) is 0 Å². The number of aliphatic hydroxyl groups is 1. The predicted molar refractivity (Wildman–Crippen MR) is 94.9 cm³/mol. The lowest BCUT2D eigenvalue weighted by Gasteiger charge is -2.21. The van der Waals surface area contributed by atoms with E-state index in [0.29, 0.717) is 41.9 Å². The van der Waals surface area contributed by atoms with Crippen LogP contribution in [0.1, 0.15) is 11.1 Å². The van der Waals surface area contributed by atoms with Gasteiger partial charge in [-0.25, -0.2) is 0 Å². The first-order valence-electron chi connectivity index (χ1n) is 7.98. The molecule has 140 valence electrons. The summed E-state index contributed by atoms with van der Waals surface area (Å²) in [6.45, 7) is 1.04. The molecule has 4 nitrogen and oxygen atoms in total. The van der Waals surface area contributed by atoms with Gasteiger partial charge in [-0.2, -0.15) is 13.2 Å². The molecule has 1 aliphatic heterocycles. The molecule has 0 unspecified atom stereocenters. The van der Waals surface area contributed by atoms with E-state index in [4.69, 9.17) is 16.3 Å². The zero-order valence-corrected chi connectivity index (χ0v) is 14.8. The average Bonchev–Trinajstić information content (AvgIpc) is 2.92. The fourth-order valence-corrected chi connectivity index (χ4v) is 3.33. The first kappa shape index (κ1) is 18.7. The summed E-state index contributed by atoms with van der Waals surface area (Å²) < 4.78 is 44.4. The van der Waals surface area contributed by atoms with Gasteiger partial charge >= 0.3 is 6.18 Å². The third kappa shape index (κ3) is 3.68. The molecule has 0 fully saturated rings. The van der Waals surface area contributed by atoms with Crippen molar-refractivity contribution in [1.29, 1.82) is 0 Å². The molecular formula is C18H18ClF3N2O2. The number of rotatable bonds is 5. The number of halogens is 4.